The Morgan fingerprint density at radius 3 is 2.70 bits per heavy atom. The van der Waals surface area contributed by atoms with Crippen LogP contribution >= 0.6 is 22.9 Å². The van der Waals surface area contributed by atoms with Gasteiger partial charge in [0.1, 0.15) is 16.4 Å². The highest BCUT2D eigenvalue weighted by molar-refractivity contribution is 7.14. The number of amides is 1. The van der Waals surface area contributed by atoms with Crippen molar-refractivity contribution < 1.29 is 9.18 Å². The lowest BCUT2D eigenvalue weighted by atomic mass is 10.2. The summed E-state index contributed by atoms with van der Waals surface area (Å²) >= 11 is 2.53. The van der Waals surface area contributed by atoms with E-state index in [-0.39, 0.29) is 11.7 Å². The third kappa shape index (κ3) is 2.59. The summed E-state index contributed by atoms with van der Waals surface area (Å²) in [6.45, 7) is 0. The normalized spacial score (nSPS) is 10.4. The van der Waals surface area contributed by atoms with Crippen molar-refractivity contribution in [2.45, 2.75) is 0 Å². The number of nitrogens with one attached hydrogen (secondary N) is 1. The van der Waals surface area contributed by atoms with E-state index in [0.717, 1.165) is 16.4 Å². The van der Waals surface area contributed by atoms with Crippen LogP contribution in [0, 0.1) is 5.82 Å². The van der Waals surface area contributed by atoms with E-state index in [4.69, 9.17) is 0 Å². The van der Waals surface area contributed by atoms with Crippen LogP contribution in [0.15, 0.2) is 41.8 Å². The minimum Gasteiger partial charge on any atom is -0.321 e. The van der Waals surface area contributed by atoms with Crippen LogP contribution in [0.5, 0.6) is 0 Å². The first-order valence-electron chi connectivity index (χ1n) is 5.67. The SMILES string of the molecule is O=C(Nc1ccc(F)cc1)c1snnc1-c1cccs1. The summed E-state index contributed by atoms with van der Waals surface area (Å²) in [6, 6.07) is 9.37. The van der Waals surface area contributed by atoms with E-state index < -0.39 is 0 Å². The monoisotopic (exact) mass is 305 g/mol. The molecule has 3 aromatic rings. The van der Waals surface area contributed by atoms with Crippen molar-refractivity contribution >= 4 is 34.5 Å². The molecule has 0 spiro atoms. The van der Waals surface area contributed by atoms with Gasteiger partial charge in [-0.2, -0.15) is 0 Å². The predicted octanol–water partition coefficient (Wildman–Crippen LogP) is 3.66. The Bertz CT molecular complexity index is 722. The second-order valence-electron chi connectivity index (χ2n) is 3.89. The van der Waals surface area contributed by atoms with Crippen LogP contribution in [-0.4, -0.2) is 15.5 Å². The molecule has 0 saturated carbocycles. The first-order valence-corrected chi connectivity index (χ1v) is 7.32. The molecule has 0 aliphatic heterocycles. The van der Waals surface area contributed by atoms with Crippen molar-refractivity contribution in [3.63, 3.8) is 0 Å². The molecular formula is C13H8FN3OS2. The van der Waals surface area contributed by atoms with Gasteiger partial charge in [0, 0.05) is 5.69 Å². The molecule has 1 N–H and O–H groups in total. The molecule has 0 radical (unpaired) electrons. The minimum atomic E-state index is -0.346. The van der Waals surface area contributed by atoms with Crippen LogP contribution < -0.4 is 5.32 Å². The number of nitrogens with zero attached hydrogens (tertiary/aromatic N) is 2. The maximum absolute atomic E-state index is 12.8. The third-order valence-electron chi connectivity index (χ3n) is 2.55. The fourth-order valence-electron chi connectivity index (χ4n) is 1.64. The van der Waals surface area contributed by atoms with Gasteiger partial charge in [-0.15, -0.1) is 16.4 Å². The molecule has 1 aromatic carbocycles. The number of halogens is 1. The Kier molecular flexibility index (Phi) is 3.53. The predicted molar refractivity (Wildman–Crippen MR) is 77.6 cm³/mol. The summed E-state index contributed by atoms with van der Waals surface area (Å²) < 4.78 is 16.7. The van der Waals surface area contributed by atoms with Crippen molar-refractivity contribution in [3.8, 4) is 10.6 Å². The molecule has 0 saturated heterocycles. The van der Waals surface area contributed by atoms with Gasteiger partial charge in [-0.3, -0.25) is 4.79 Å². The van der Waals surface area contributed by atoms with E-state index in [1.807, 2.05) is 17.5 Å². The zero-order valence-electron chi connectivity index (χ0n) is 10.0. The smallest absolute Gasteiger partial charge is 0.269 e. The molecule has 20 heavy (non-hydrogen) atoms. The zero-order valence-corrected chi connectivity index (χ0v) is 11.7. The number of carbonyl (C=O) groups is 1. The van der Waals surface area contributed by atoms with Gasteiger partial charge in [-0.05, 0) is 47.2 Å². The Labute approximate surface area is 122 Å². The number of hydrogen-bond donors (Lipinski definition) is 1. The Balaban J connectivity index is 1.85. The molecule has 2 aromatic heterocycles. The highest BCUT2D eigenvalue weighted by Gasteiger charge is 2.18. The Morgan fingerprint density at radius 2 is 2.00 bits per heavy atom. The van der Waals surface area contributed by atoms with E-state index in [9.17, 15) is 9.18 Å². The lowest BCUT2D eigenvalue weighted by Gasteiger charge is -2.03. The average Bonchev–Trinajstić information content (AvgIpc) is 3.11. The van der Waals surface area contributed by atoms with Crippen LogP contribution in [0.3, 0.4) is 0 Å². The van der Waals surface area contributed by atoms with Crippen LogP contribution in [0.1, 0.15) is 9.67 Å². The highest BCUT2D eigenvalue weighted by atomic mass is 32.1. The van der Waals surface area contributed by atoms with E-state index in [2.05, 4.69) is 14.9 Å². The van der Waals surface area contributed by atoms with Gasteiger partial charge in [-0.1, -0.05) is 10.6 Å². The van der Waals surface area contributed by atoms with Crippen LogP contribution in [0.25, 0.3) is 10.6 Å². The number of benzene rings is 1. The quantitative estimate of drug-likeness (QED) is 0.803. The van der Waals surface area contributed by atoms with Crippen molar-refractivity contribution in [1.82, 2.24) is 9.59 Å². The second-order valence-corrected chi connectivity index (χ2v) is 5.59. The van der Waals surface area contributed by atoms with Crippen molar-refractivity contribution in [2.75, 3.05) is 5.32 Å². The molecule has 0 fully saturated rings. The molecule has 7 heteroatoms. The van der Waals surface area contributed by atoms with Gasteiger partial charge in [0.25, 0.3) is 5.91 Å². The van der Waals surface area contributed by atoms with Crippen LogP contribution in [0.2, 0.25) is 0 Å². The topological polar surface area (TPSA) is 54.9 Å². The molecule has 0 aliphatic carbocycles. The van der Waals surface area contributed by atoms with Crippen LogP contribution in [-0.2, 0) is 0 Å². The summed E-state index contributed by atoms with van der Waals surface area (Å²) in [5.74, 6) is -0.642. The van der Waals surface area contributed by atoms with Gasteiger partial charge in [-0.25, -0.2) is 4.39 Å². The van der Waals surface area contributed by atoms with Crippen molar-refractivity contribution in [2.24, 2.45) is 0 Å². The number of rotatable bonds is 3. The van der Waals surface area contributed by atoms with E-state index in [1.165, 1.54) is 35.6 Å². The fourth-order valence-corrected chi connectivity index (χ4v) is 2.99. The number of anilines is 1. The van der Waals surface area contributed by atoms with Crippen molar-refractivity contribution in [3.05, 3.63) is 52.5 Å². The minimum absolute atomic E-state index is 0.296. The maximum atomic E-state index is 12.8. The summed E-state index contributed by atoms with van der Waals surface area (Å²) in [7, 11) is 0. The van der Waals surface area contributed by atoms with Crippen LogP contribution in [0.4, 0.5) is 10.1 Å². The summed E-state index contributed by atoms with van der Waals surface area (Å²) in [5, 5.41) is 8.61. The molecule has 3 rings (SSSR count). The lowest BCUT2D eigenvalue weighted by molar-refractivity contribution is 0.103. The number of aromatic nitrogens is 2. The maximum Gasteiger partial charge on any atom is 0.269 e. The molecule has 0 bridgehead atoms. The van der Waals surface area contributed by atoms with E-state index in [1.54, 1.807) is 0 Å². The molecule has 0 aliphatic rings. The standard InChI is InChI=1S/C13H8FN3OS2/c14-8-3-5-9(6-4-8)15-13(18)12-11(16-17-20-12)10-2-1-7-19-10/h1-7H,(H,15,18). The van der Waals surface area contributed by atoms with E-state index >= 15 is 0 Å². The number of thiophene rings is 1. The number of hydrogen-bond acceptors (Lipinski definition) is 5. The summed E-state index contributed by atoms with van der Waals surface area (Å²) in [5.41, 5.74) is 1.10. The molecule has 2 heterocycles. The van der Waals surface area contributed by atoms with Crippen molar-refractivity contribution in [1.29, 1.82) is 0 Å². The average molecular weight is 305 g/mol. The second kappa shape index (κ2) is 5.48. The molecule has 0 unspecified atom stereocenters. The molecule has 4 nitrogen and oxygen atoms in total. The lowest BCUT2D eigenvalue weighted by Crippen LogP contribution is -2.11. The summed E-state index contributed by atoms with van der Waals surface area (Å²) in [6.07, 6.45) is 0. The van der Waals surface area contributed by atoms with Gasteiger partial charge in [0.2, 0.25) is 0 Å². The Morgan fingerprint density at radius 1 is 1.20 bits per heavy atom. The Hall–Kier alpha value is -2.12. The van der Waals surface area contributed by atoms with Gasteiger partial charge < -0.3 is 5.32 Å². The van der Waals surface area contributed by atoms with Gasteiger partial charge in [0.05, 0.1) is 4.88 Å². The summed E-state index contributed by atoms with van der Waals surface area (Å²) in [4.78, 5) is 13.5. The molecule has 0 atom stereocenters. The molecule has 1 amide bonds. The van der Waals surface area contributed by atoms with Gasteiger partial charge in [0.15, 0.2) is 0 Å². The highest BCUT2D eigenvalue weighted by Crippen LogP contribution is 2.28. The van der Waals surface area contributed by atoms with E-state index in [0.29, 0.717) is 16.3 Å². The fraction of sp³-hybridized carbons (Fsp3) is 0. The number of carbonyl (C=O) groups excluding carboxylic acids is 1. The first kappa shape index (κ1) is 12.9. The molecule has 100 valence electrons. The molecular weight excluding hydrogens is 297 g/mol. The first-order chi connectivity index (χ1) is 9.74. The zero-order chi connectivity index (χ0) is 13.9. The van der Waals surface area contributed by atoms with Gasteiger partial charge >= 0.3 is 0 Å². The third-order valence-corrected chi connectivity index (χ3v) is 4.15. The largest absolute Gasteiger partial charge is 0.321 e.